The van der Waals surface area contributed by atoms with Gasteiger partial charge in [-0.2, -0.15) is 0 Å². The quantitative estimate of drug-likeness (QED) is 0.687. The Bertz CT molecular complexity index is 332. The van der Waals surface area contributed by atoms with E-state index in [1.807, 2.05) is 6.92 Å². The van der Waals surface area contributed by atoms with Crippen LogP contribution in [0.4, 0.5) is 0 Å². The van der Waals surface area contributed by atoms with Crippen LogP contribution in [0.15, 0.2) is 18.7 Å². The monoisotopic (exact) mass is 202 g/mol. The average Bonchev–Trinajstić information content (AvgIpc) is 1.96. The summed E-state index contributed by atoms with van der Waals surface area (Å²) in [6, 6.07) is 3.29. The SMILES string of the molecule is C=C(O)c1cc(Cl)c(Cl)cc1C. The highest BCUT2D eigenvalue weighted by molar-refractivity contribution is 6.42. The first kappa shape index (κ1) is 9.43. The standard InChI is InChI=1S/C9H8Cl2O/c1-5-3-8(10)9(11)4-7(5)6(2)12/h3-4,12H,2H2,1H3. The molecule has 0 aliphatic heterocycles. The minimum atomic E-state index is 0.00562. The molecule has 0 radical (unpaired) electrons. The van der Waals surface area contributed by atoms with Crippen molar-refractivity contribution in [2.75, 3.05) is 0 Å². The summed E-state index contributed by atoms with van der Waals surface area (Å²) in [5, 5.41) is 10.0. The Morgan fingerprint density at radius 2 is 1.83 bits per heavy atom. The number of hydrogen-bond donors (Lipinski definition) is 1. The molecule has 0 spiro atoms. The predicted octanol–water partition coefficient (Wildman–Crippen LogP) is 3.83. The second-order valence-electron chi connectivity index (χ2n) is 2.53. The van der Waals surface area contributed by atoms with Gasteiger partial charge in [-0.25, -0.2) is 0 Å². The molecule has 1 aromatic rings. The fourth-order valence-corrected chi connectivity index (χ4v) is 1.34. The van der Waals surface area contributed by atoms with Gasteiger partial charge in [-0.05, 0) is 24.6 Å². The van der Waals surface area contributed by atoms with Crippen molar-refractivity contribution in [3.05, 3.63) is 39.9 Å². The Morgan fingerprint density at radius 1 is 1.33 bits per heavy atom. The molecule has 0 aliphatic rings. The number of rotatable bonds is 1. The fraction of sp³-hybridized carbons (Fsp3) is 0.111. The van der Waals surface area contributed by atoms with Gasteiger partial charge in [0.15, 0.2) is 0 Å². The van der Waals surface area contributed by atoms with Crippen LogP contribution in [0.2, 0.25) is 10.0 Å². The summed E-state index contributed by atoms with van der Waals surface area (Å²) < 4.78 is 0. The normalized spacial score (nSPS) is 9.92. The van der Waals surface area contributed by atoms with E-state index in [2.05, 4.69) is 6.58 Å². The van der Waals surface area contributed by atoms with E-state index in [0.717, 1.165) is 5.56 Å². The Kier molecular flexibility index (Phi) is 2.65. The van der Waals surface area contributed by atoms with Crippen LogP contribution in [0.3, 0.4) is 0 Å². The molecular formula is C9H8Cl2O. The van der Waals surface area contributed by atoms with Gasteiger partial charge in [0.25, 0.3) is 0 Å². The largest absolute Gasteiger partial charge is 0.508 e. The first-order chi connectivity index (χ1) is 5.52. The highest BCUT2D eigenvalue weighted by atomic mass is 35.5. The second-order valence-corrected chi connectivity index (χ2v) is 3.34. The molecule has 1 nitrogen and oxygen atoms in total. The molecule has 0 aromatic heterocycles. The summed E-state index contributed by atoms with van der Waals surface area (Å²) >= 11 is 11.5. The summed E-state index contributed by atoms with van der Waals surface area (Å²) in [7, 11) is 0. The van der Waals surface area contributed by atoms with E-state index >= 15 is 0 Å². The Morgan fingerprint density at radius 3 is 2.33 bits per heavy atom. The Balaban J connectivity index is 3.33. The van der Waals surface area contributed by atoms with E-state index in [-0.39, 0.29) is 5.76 Å². The minimum absolute atomic E-state index is 0.00562. The van der Waals surface area contributed by atoms with Gasteiger partial charge in [0.05, 0.1) is 10.0 Å². The smallest absolute Gasteiger partial charge is 0.115 e. The third kappa shape index (κ3) is 1.74. The van der Waals surface area contributed by atoms with E-state index in [0.29, 0.717) is 15.6 Å². The maximum Gasteiger partial charge on any atom is 0.115 e. The number of halogens is 2. The first-order valence-electron chi connectivity index (χ1n) is 3.36. The van der Waals surface area contributed by atoms with Crippen LogP contribution < -0.4 is 0 Å². The average molecular weight is 203 g/mol. The first-order valence-corrected chi connectivity index (χ1v) is 4.12. The van der Waals surface area contributed by atoms with Crippen LogP contribution >= 0.6 is 23.2 Å². The summed E-state index contributed by atoms with van der Waals surface area (Å²) in [4.78, 5) is 0. The van der Waals surface area contributed by atoms with E-state index in [4.69, 9.17) is 28.3 Å². The molecule has 0 bridgehead atoms. The van der Waals surface area contributed by atoms with Gasteiger partial charge in [0, 0.05) is 5.56 Å². The van der Waals surface area contributed by atoms with Crippen LogP contribution in [0.25, 0.3) is 5.76 Å². The summed E-state index contributed by atoms with van der Waals surface area (Å²) in [5.74, 6) is 0.00562. The highest BCUT2D eigenvalue weighted by Gasteiger charge is 2.05. The molecule has 0 atom stereocenters. The summed E-state index contributed by atoms with van der Waals surface area (Å²) in [6.45, 7) is 5.24. The lowest BCUT2D eigenvalue weighted by Gasteiger charge is -2.05. The number of aryl methyl sites for hydroxylation is 1. The lowest BCUT2D eigenvalue weighted by Crippen LogP contribution is -1.87. The maximum atomic E-state index is 9.12. The zero-order valence-electron chi connectivity index (χ0n) is 6.56. The number of aliphatic hydroxyl groups excluding tert-OH is 1. The van der Waals surface area contributed by atoms with Crippen molar-refractivity contribution in [1.29, 1.82) is 0 Å². The Hall–Kier alpha value is -0.660. The zero-order valence-corrected chi connectivity index (χ0v) is 8.08. The maximum absolute atomic E-state index is 9.12. The van der Waals surface area contributed by atoms with E-state index in [1.165, 1.54) is 0 Å². The molecule has 0 saturated carbocycles. The highest BCUT2D eigenvalue weighted by Crippen LogP contribution is 2.27. The van der Waals surface area contributed by atoms with Crippen LogP contribution in [-0.4, -0.2) is 5.11 Å². The molecule has 64 valence electrons. The lowest BCUT2D eigenvalue weighted by molar-refractivity contribution is 0.513. The van der Waals surface area contributed by atoms with Gasteiger partial charge in [-0.15, -0.1) is 0 Å². The van der Waals surface area contributed by atoms with Crippen molar-refractivity contribution in [3.8, 4) is 0 Å². The van der Waals surface area contributed by atoms with Crippen LogP contribution in [0.5, 0.6) is 0 Å². The minimum Gasteiger partial charge on any atom is -0.508 e. The van der Waals surface area contributed by atoms with Crippen molar-refractivity contribution in [2.24, 2.45) is 0 Å². The molecule has 3 heteroatoms. The van der Waals surface area contributed by atoms with Gasteiger partial charge in [-0.3, -0.25) is 0 Å². The van der Waals surface area contributed by atoms with Gasteiger partial charge < -0.3 is 5.11 Å². The van der Waals surface area contributed by atoms with Crippen molar-refractivity contribution in [3.63, 3.8) is 0 Å². The fourth-order valence-electron chi connectivity index (χ4n) is 0.957. The summed E-state index contributed by atoms with van der Waals surface area (Å²) in [6.07, 6.45) is 0. The molecule has 0 heterocycles. The van der Waals surface area contributed by atoms with E-state index in [9.17, 15) is 0 Å². The molecule has 0 aliphatic carbocycles. The van der Waals surface area contributed by atoms with Gasteiger partial charge >= 0.3 is 0 Å². The molecule has 12 heavy (non-hydrogen) atoms. The second kappa shape index (κ2) is 3.38. The topological polar surface area (TPSA) is 20.2 Å². The van der Waals surface area contributed by atoms with E-state index < -0.39 is 0 Å². The van der Waals surface area contributed by atoms with Crippen LogP contribution in [0, 0.1) is 6.92 Å². The van der Waals surface area contributed by atoms with E-state index in [1.54, 1.807) is 12.1 Å². The van der Waals surface area contributed by atoms with Crippen molar-refractivity contribution in [2.45, 2.75) is 6.92 Å². The molecular weight excluding hydrogens is 195 g/mol. The Labute approximate surface area is 81.2 Å². The molecule has 0 amide bonds. The zero-order chi connectivity index (χ0) is 9.30. The van der Waals surface area contributed by atoms with Crippen molar-refractivity contribution >= 4 is 29.0 Å². The number of aliphatic hydroxyl groups is 1. The van der Waals surface area contributed by atoms with Gasteiger partial charge in [0.1, 0.15) is 5.76 Å². The number of hydrogen-bond acceptors (Lipinski definition) is 1. The predicted molar refractivity (Wildman–Crippen MR) is 52.9 cm³/mol. The van der Waals surface area contributed by atoms with Crippen LogP contribution in [0.1, 0.15) is 11.1 Å². The summed E-state index contributed by atoms with van der Waals surface area (Å²) in [5.41, 5.74) is 1.49. The number of benzene rings is 1. The third-order valence-electron chi connectivity index (χ3n) is 1.58. The molecule has 0 saturated heterocycles. The van der Waals surface area contributed by atoms with Gasteiger partial charge in [-0.1, -0.05) is 29.8 Å². The lowest BCUT2D eigenvalue weighted by atomic mass is 10.1. The molecule has 1 rings (SSSR count). The molecule has 1 N–H and O–H groups in total. The molecule has 0 unspecified atom stereocenters. The van der Waals surface area contributed by atoms with Gasteiger partial charge in [0.2, 0.25) is 0 Å². The van der Waals surface area contributed by atoms with Crippen molar-refractivity contribution in [1.82, 2.24) is 0 Å². The molecule has 1 aromatic carbocycles. The third-order valence-corrected chi connectivity index (χ3v) is 2.30. The van der Waals surface area contributed by atoms with Crippen molar-refractivity contribution < 1.29 is 5.11 Å². The van der Waals surface area contributed by atoms with Crippen LogP contribution in [-0.2, 0) is 0 Å². The molecule has 0 fully saturated rings.